The lowest BCUT2D eigenvalue weighted by atomic mass is 10.1. The summed E-state index contributed by atoms with van der Waals surface area (Å²) in [7, 11) is 0. The molecule has 2 nitrogen and oxygen atoms in total. The number of benzene rings is 2. The van der Waals surface area contributed by atoms with Crippen molar-refractivity contribution in [3.05, 3.63) is 65.2 Å². The molecule has 0 aromatic heterocycles. The number of aryl methyl sites for hydroxylation is 1. The van der Waals surface area contributed by atoms with Gasteiger partial charge in [-0.05, 0) is 35.7 Å². The number of hydrogen-bond acceptors (Lipinski definition) is 2. The molecule has 0 unspecified atom stereocenters. The van der Waals surface area contributed by atoms with E-state index in [1.54, 1.807) is 0 Å². The van der Waals surface area contributed by atoms with Crippen LogP contribution in [0.1, 0.15) is 22.8 Å². The summed E-state index contributed by atoms with van der Waals surface area (Å²) in [4.78, 5) is 0. The lowest BCUT2D eigenvalue weighted by Gasteiger charge is -2.10. The minimum absolute atomic E-state index is 0.312. The fraction of sp³-hybridized carbons (Fsp3) is 0.250. The highest BCUT2D eigenvalue weighted by atomic mass is 16.6. The Labute approximate surface area is 107 Å². The average molecular weight is 240 g/mol. The predicted octanol–water partition coefficient (Wildman–Crippen LogP) is 3.65. The van der Waals surface area contributed by atoms with Gasteiger partial charge in [-0.3, -0.25) is 0 Å². The van der Waals surface area contributed by atoms with Gasteiger partial charge in [0.1, 0.15) is 18.5 Å². The van der Waals surface area contributed by atoms with E-state index < -0.39 is 0 Å². The standard InChI is InChI=1S/C16H16O2/c1-12-9-14(16-11-18-16)7-8-15(12)17-10-13-5-3-2-4-6-13/h2-9,16H,10-11H2,1H3/t16-/m1/s1. The first-order valence-electron chi connectivity index (χ1n) is 6.22. The molecule has 0 bridgehead atoms. The Kier molecular flexibility index (Phi) is 3.03. The summed E-state index contributed by atoms with van der Waals surface area (Å²) in [5.41, 5.74) is 3.60. The van der Waals surface area contributed by atoms with Gasteiger partial charge in [0.25, 0.3) is 0 Å². The van der Waals surface area contributed by atoms with Crippen molar-refractivity contribution in [3.8, 4) is 5.75 Å². The molecule has 0 N–H and O–H groups in total. The van der Waals surface area contributed by atoms with Crippen LogP contribution >= 0.6 is 0 Å². The van der Waals surface area contributed by atoms with E-state index in [2.05, 4.69) is 31.2 Å². The summed E-state index contributed by atoms with van der Waals surface area (Å²) in [5.74, 6) is 0.947. The molecule has 2 heteroatoms. The van der Waals surface area contributed by atoms with E-state index in [-0.39, 0.29) is 0 Å². The SMILES string of the molecule is Cc1cc([C@H]2CO2)ccc1OCc1ccccc1. The molecule has 3 rings (SSSR count). The minimum Gasteiger partial charge on any atom is -0.489 e. The number of rotatable bonds is 4. The summed E-state index contributed by atoms with van der Waals surface area (Å²) >= 11 is 0. The Morgan fingerprint density at radius 1 is 1.17 bits per heavy atom. The molecule has 0 saturated carbocycles. The largest absolute Gasteiger partial charge is 0.489 e. The second-order valence-electron chi connectivity index (χ2n) is 4.62. The normalized spacial score (nSPS) is 17.5. The van der Waals surface area contributed by atoms with E-state index in [1.807, 2.05) is 24.3 Å². The quantitative estimate of drug-likeness (QED) is 0.761. The van der Waals surface area contributed by atoms with Gasteiger partial charge >= 0.3 is 0 Å². The van der Waals surface area contributed by atoms with Gasteiger partial charge in [0.2, 0.25) is 0 Å². The van der Waals surface area contributed by atoms with E-state index in [9.17, 15) is 0 Å². The molecule has 1 saturated heterocycles. The summed E-state index contributed by atoms with van der Waals surface area (Å²) < 4.78 is 11.1. The van der Waals surface area contributed by atoms with E-state index >= 15 is 0 Å². The zero-order valence-corrected chi connectivity index (χ0v) is 10.4. The van der Waals surface area contributed by atoms with Gasteiger partial charge in [-0.25, -0.2) is 0 Å². The maximum atomic E-state index is 5.84. The number of ether oxygens (including phenoxy) is 2. The molecule has 1 fully saturated rings. The van der Waals surface area contributed by atoms with Crippen molar-refractivity contribution in [2.24, 2.45) is 0 Å². The molecule has 0 radical (unpaired) electrons. The van der Waals surface area contributed by atoms with Crippen molar-refractivity contribution in [2.75, 3.05) is 6.61 Å². The monoisotopic (exact) mass is 240 g/mol. The smallest absolute Gasteiger partial charge is 0.122 e. The van der Waals surface area contributed by atoms with Crippen molar-refractivity contribution in [3.63, 3.8) is 0 Å². The van der Waals surface area contributed by atoms with Crippen LogP contribution in [0.5, 0.6) is 5.75 Å². The van der Waals surface area contributed by atoms with Gasteiger partial charge in [-0.15, -0.1) is 0 Å². The average Bonchev–Trinajstić information content (AvgIpc) is 3.23. The van der Waals surface area contributed by atoms with Crippen LogP contribution < -0.4 is 4.74 Å². The van der Waals surface area contributed by atoms with Gasteiger partial charge in [0.15, 0.2) is 0 Å². The third-order valence-corrected chi connectivity index (χ3v) is 3.14. The van der Waals surface area contributed by atoms with Crippen LogP contribution in [0.15, 0.2) is 48.5 Å². The molecular formula is C16H16O2. The molecular weight excluding hydrogens is 224 g/mol. The molecule has 1 aliphatic rings. The first-order valence-corrected chi connectivity index (χ1v) is 6.22. The van der Waals surface area contributed by atoms with Gasteiger partial charge in [0, 0.05) is 0 Å². The number of epoxide rings is 1. The molecule has 2 aromatic rings. The Morgan fingerprint density at radius 3 is 2.61 bits per heavy atom. The Bertz CT molecular complexity index is 530. The Hall–Kier alpha value is -1.80. The molecule has 0 spiro atoms. The van der Waals surface area contributed by atoms with Crippen molar-refractivity contribution in [1.29, 1.82) is 0 Å². The highest BCUT2D eigenvalue weighted by Crippen LogP contribution is 2.32. The van der Waals surface area contributed by atoms with Gasteiger partial charge in [-0.2, -0.15) is 0 Å². The van der Waals surface area contributed by atoms with Gasteiger partial charge < -0.3 is 9.47 Å². The lowest BCUT2D eigenvalue weighted by Crippen LogP contribution is -1.97. The first-order chi connectivity index (χ1) is 8.83. The fourth-order valence-electron chi connectivity index (χ4n) is 2.01. The van der Waals surface area contributed by atoms with E-state index in [0.29, 0.717) is 12.7 Å². The van der Waals surface area contributed by atoms with Crippen molar-refractivity contribution >= 4 is 0 Å². The molecule has 1 heterocycles. The summed E-state index contributed by atoms with van der Waals surface area (Å²) in [6.45, 7) is 3.54. The van der Waals surface area contributed by atoms with Crippen molar-refractivity contribution in [2.45, 2.75) is 19.6 Å². The van der Waals surface area contributed by atoms with E-state index in [4.69, 9.17) is 9.47 Å². The van der Waals surface area contributed by atoms with Crippen LogP contribution in [0, 0.1) is 6.92 Å². The summed E-state index contributed by atoms with van der Waals surface area (Å²) in [6, 6.07) is 16.5. The summed E-state index contributed by atoms with van der Waals surface area (Å²) in [6.07, 6.45) is 0.312. The summed E-state index contributed by atoms with van der Waals surface area (Å²) in [5, 5.41) is 0. The molecule has 0 amide bonds. The third kappa shape index (κ3) is 2.54. The van der Waals surface area contributed by atoms with Gasteiger partial charge in [0.05, 0.1) is 6.61 Å². The topological polar surface area (TPSA) is 21.8 Å². The van der Waals surface area contributed by atoms with Crippen LogP contribution in [0.4, 0.5) is 0 Å². The second kappa shape index (κ2) is 4.83. The maximum Gasteiger partial charge on any atom is 0.122 e. The fourth-order valence-corrected chi connectivity index (χ4v) is 2.01. The molecule has 1 atom stereocenters. The Morgan fingerprint density at radius 2 is 1.94 bits per heavy atom. The van der Waals surface area contributed by atoms with Crippen LogP contribution in [-0.2, 0) is 11.3 Å². The molecule has 18 heavy (non-hydrogen) atoms. The van der Waals surface area contributed by atoms with E-state index in [1.165, 1.54) is 16.7 Å². The van der Waals surface area contributed by atoms with Crippen LogP contribution in [0.25, 0.3) is 0 Å². The second-order valence-corrected chi connectivity index (χ2v) is 4.62. The Balaban J connectivity index is 1.69. The van der Waals surface area contributed by atoms with Crippen molar-refractivity contribution in [1.82, 2.24) is 0 Å². The van der Waals surface area contributed by atoms with Crippen LogP contribution in [0.3, 0.4) is 0 Å². The first kappa shape index (κ1) is 11.3. The zero-order valence-electron chi connectivity index (χ0n) is 10.4. The number of hydrogen-bond donors (Lipinski definition) is 0. The minimum atomic E-state index is 0.312. The van der Waals surface area contributed by atoms with E-state index in [0.717, 1.165) is 12.4 Å². The van der Waals surface area contributed by atoms with Gasteiger partial charge in [-0.1, -0.05) is 36.4 Å². The van der Waals surface area contributed by atoms with Crippen LogP contribution in [-0.4, -0.2) is 6.61 Å². The van der Waals surface area contributed by atoms with Crippen LogP contribution in [0.2, 0.25) is 0 Å². The maximum absolute atomic E-state index is 5.84. The predicted molar refractivity (Wildman–Crippen MR) is 70.6 cm³/mol. The van der Waals surface area contributed by atoms with Crippen molar-refractivity contribution < 1.29 is 9.47 Å². The highest BCUT2D eigenvalue weighted by molar-refractivity contribution is 5.38. The highest BCUT2D eigenvalue weighted by Gasteiger charge is 2.24. The molecule has 0 aliphatic carbocycles. The molecule has 1 aliphatic heterocycles. The molecule has 92 valence electrons. The zero-order chi connectivity index (χ0) is 12.4. The lowest BCUT2D eigenvalue weighted by molar-refractivity contribution is 0.304. The molecule has 2 aromatic carbocycles. The third-order valence-electron chi connectivity index (χ3n) is 3.14.